The summed E-state index contributed by atoms with van der Waals surface area (Å²) >= 11 is 5.82. The number of carbonyl (C=O) groups is 1. The normalized spacial score (nSPS) is 22.4. The summed E-state index contributed by atoms with van der Waals surface area (Å²) in [6, 6.07) is 5.42. The summed E-state index contributed by atoms with van der Waals surface area (Å²) in [6.07, 6.45) is 12.7. The molecule has 1 N–H and O–H groups in total. The van der Waals surface area contributed by atoms with E-state index >= 15 is 0 Å². The molecule has 0 heterocycles. The molecule has 2 bridgehead atoms. The largest absolute Gasteiger partial charge is 0.478 e. The summed E-state index contributed by atoms with van der Waals surface area (Å²) in [7, 11) is 0. The zero-order valence-corrected chi connectivity index (χ0v) is 13.0. The van der Waals surface area contributed by atoms with Gasteiger partial charge in [-0.05, 0) is 66.9 Å². The lowest BCUT2D eigenvalue weighted by Crippen LogP contribution is -1.89. The summed E-state index contributed by atoms with van der Waals surface area (Å²) < 4.78 is 0. The topological polar surface area (TPSA) is 37.3 Å². The second-order valence-electron chi connectivity index (χ2n) is 5.59. The maximum atomic E-state index is 10.3. The third kappa shape index (κ3) is 4.75. The van der Waals surface area contributed by atoms with E-state index in [1.807, 2.05) is 19.1 Å². The maximum Gasteiger partial charge on any atom is 0.328 e. The van der Waals surface area contributed by atoms with Crippen LogP contribution >= 0.6 is 11.6 Å². The molecule has 112 valence electrons. The second kappa shape index (κ2) is 7.46. The number of carboxylic acids is 1. The minimum atomic E-state index is -0.943. The molecule has 0 saturated heterocycles. The summed E-state index contributed by atoms with van der Waals surface area (Å²) in [5.74, 6) is 1.04. The first-order valence-corrected chi connectivity index (χ1v) is 7.84. The molecule has 0 aromatic heterocycles. The molecule has 0 radical (unpaired) electrons. The molecule has 1 fully saturated rings. The van der Waals surface area contributed by atoms with Gasteiger partial charge in [0, 0.05) is 11.1 Å². The number of hydrogen-bond donors (Lipinski definition) is 1. The Bertz CT molecular complexity index is 548. The van der Waals surface area contributed by atoms with Crippen molar-refractivity contribution < 1.29 is 9.90 Å². The summed E-state index contributed by atoms with van der Waals surface area (Å²) in [6.45, 7) is 2.00. The predicted molar refractivity (Wildman–Crippen MR) is 87.5 cm³/mol. The van der Waals surface area contributed by atoms with Crippen LogP contribution in [0.15, 0.2) is 36.4 Å². The minimum absolute atomic E-state index is 0.675. The third-order valence-corrected chi connectivity index (χ3v) is 4.30. The smallest absolute Gasteiger partial charge is 0.328 e. The fourth-order valence-corrected chi connectivity index (χ4v) is 3.12. The number of halogens is 1. The Balaban J connectivity index is 0.000000189. The zero-order chi connectivity index (χ0) is 15.2. The van der Waals surface area contributed by atoms with Gasteiger partial charge in [0.1, 0.15) is 0 Å². The summed E-state index contributed by atoms with van der Waals surface area (Å²) in [4.78, 5) is 10.3. The van der Waals surface area contributed by atoms with E-state index in [9.17, 15) is 4.79 Å². The fourth-order valence-electron chi connectivity index (χ4n) is 2.92. The van der Waals surface area contributed by atoms with Gasteiger partial charge in [0.15, 0.2) is 0 Å². The molecule has 2 nitrogen and oxygen atoms in total. The molecule has 2 aliphatic carbocycles. The van der Waals surface area contributed by atoms with E-state index in [1.165, 1.54) is 19.3 Å². The van der Waals surface area contributed by atoms with Crippen molar-refractivity contribution in [3.05, 3.63) is 52.6 Å². The van der Waals surface area contributed by atoms with Crippen LogP contribution in [-0.2, 0) is 11.2 Å². The molecule has 1 aromatic carbocycles. The number of aryl methyl sites for hydroxylation is 1. The van der Waals surface area contributed by atoms with Crippen molar-refractivity contribution in [1.82, 2.24) is 0 Å². The minimum Gasteiger partial charge on any atom is -0.478 e. The highest BCUT2D eigenvalue weighted by molar-refractivity contribution is 6.30. The maximum absolute atomic E-state index is 10.3. The second-order valence-corrected chi connectivity index (χ2v) is 6.02. The first-order valence-electron chi connectivity index (χ1n) is 7.46. The lowest BCUT2D eigenvalue weighted by molar-refractivity contribution is -0.131. The van der Waals surface area contributed by atoms with E-state index in [2.05, 4.69) is 12.2 Å². The van der Waals surface area contributed by atoms with E-state index in [4.69, 9.17) is 16.7 Å². The highest BCUT2D eigenvalue weighted by Crippen LogP contribution is 2.38. The van der Waals surface area contributed by atoms with Gasteiger partial charge in [-0.25, -0.2) is 4.79 Å². The molecule has 2 aliphatic rings. The first kappa shape index (κ1) is 15.8. The molecule has 3 rings (SSSR count). The van der Waals surface area contributed by atoms with E-state index in [1.54, 1.807) is 12.1 Å². The number of fused-ring (bicyclic) bond motifs is 2. The Hall–Kier alpha value is -1.54. The van der Waals surface area contributed by atoms with Crippen LogP contribution in [0.25, 0.3) is 6.08 Å². The highest BCUT2D eigenvalue weighted by atomic mass is 35.5. The first-order chi connectivity index (χ1) is 10.1. The molecule has 2 atom stereocenters. The predicted octanol–water partition coefficient (Wildman–Crippen LogP) is 4.97. The van der Waals surface area contributed by atoms with Crippen molar-refractivity contribution in [3.63, 3.8) is 0 Å². The molecule has 0 amide bonds. The van der Waals surface area contributed by atoms with Crippen LogP contribution in [0.1, 0.15) is 37.3 Å². The standard InChI is InChI=1S/C11H11ClO2.C7H10/c1-2-8-7-10(12)5-3-9(8)4-6-11(13)14;1-2-7-4-3-6(1)5-7/h3-7H,2H2,1H3,(H,13,14);1-2,6-7H,3-5H2. The Morgan fingerprint density at radius 2 is 2.00 bits per heavy atom. The van der Waals surface area contributed by atoms with Gasteiger partial charge in [-0.15, -0.1) is 0 Å². The molecule has 0 spiro atoms. The van der Waals surface area contributed by atoms with Crippen LogP contribution in [0.3, 0.4) is 0 Å². The molecule has 21 heavy (non-hydrogen) atoms. The van der Waals surface area contributed by atoms with Gasteiger partial charge in [-0.2, -0.15) is 0 Å². The Morgan fingerprint density at radius 1 is 1.33 bits per heavy atom. The van der Waals surface area contributed by atoms with Gasteiger partial charge in [0.2, 0.25) is 0 Å². The Morgan fingerprint density at radius 3 is 2.43 bits per heavy atom. The SMILES string of the molecule is C1=CC2CCC1C2.CCc1cc(Cl)ccc1C=CC(=O)O. The number of aliphatic carboxylic acids is 1. The molecule has 1 saturated carbocycles. The van der Waals surface area contributed by atoms with Gasteiger partial charge in [-0.3, -0.25) is 0 Å². The van der Waals surface area contributed by atoms with Crippen molar-refractivity contribution >= 4 is 23.6 Å². The van der Waals surface area contributed by atoms with Gasteiger partial charge in [0.05, 0.1) is 0 Å². The molecule has 0 aliphatic heterocycles. The van der Waals surface area contributed by atoms with Crippen LogP contribution in [0.4, 0.5) is 0 Å². The van der Waals surface area contributed by atoms with Gasteiger partial charge in [0.25, 0.3) is 0 Å². The number of hydrogen-bond acceptors (Lipinski definition) is 1. The lowest BCUT2D eigenvalue weighted by Gasteiger charge is -2.02. The van der Waals surface area contributed by atoms with Crippen LogP contribution in [0, 0.1) is 11.8 Å². The summed E-state index contributed by atoms with van der Waals surface area (Å²) in [5, 5.41) is 9.16. The van der Waals surface area contributed by atoms with Crippen LogP contribution in [0.5, 0.6) is 0 Å². The average molecular weight is 305 g/mol. The Labute approximate surface area is 131 Å². The zero-order valence-electron chi connectivity index (χ0n) is 12.3. The molecular weight excluding hydrogens is 284 g/mol. The van der Waals surface area contributed by atoms with Gasteiger partial charge in [-0.1, -0.05) is 36.7 Å². The van der Waals surface area contributed by atoms with E-state index < -0.39 is 5.97 Å². The highest BCUT2D eigenvalue weighted by Gasteiger charge is 2.25. The van der Waals surface area contributed by atoms with Crippen molar-refractivity contribution in [3.8, 4) is 0 Å². The molecule has 2 unspecified atom stereocenters. The van der Waals surface area contributed by atoms with Crippen molar-refractivity contribution in [2.45, 2.75) is 32.6 Å². The monoisotopic (exact) mass is 304 g/mol. The number of rotatable bonds is 3. The van der Waals surface area contributed by atoms with E-state index in [0.29, 0.717) is 5.02 Å². The lowest BCUT2D eigenvalue weighted by atomic mass is 10.1. The van der Waals surface area contributed by atoms with Crippen LogP contribution in [-0.4, -0.2) is 11.1 Å². The van der Waals surface area contributed by atoms with Crippen molar-refractivity contribution in [1.29, 1.82) is 0 Å². The molecular formula is C18H21ClO2. The van der Waals surface area contributed by atoms with E-state index in [0.717, 1.165) is 35.5 Å². The Kier molecular flexibility index (Phi) is 5.63. The number of benzene rings is 1. The number of allylic oxidation sites excluding steroid dienone is 2. The fraction of sp³-hybridized carbons (Fsp3) is 0.389. The van der Waals surface area contributed by atoms with Gasteiger partial charge < -0.3 is 5.11 Å². The van der Waals surface area contributed by atoms with Crippen LogP contribution in [0.2, 0.25) is 5.02 Å². The number of carboxylic acid groups (broad SMARTS) is 1. The van der Waals surface area contributed by atoms with E-state index in [-0.39, 0.29) is 0 Å². The molecule has 3 heteroatoms. The average Bonchev–Trinajstić information content (AvgIpc) is 3.11. The summed E-state index contributed by atoms with van der Waals surface area (Å²) in [5.41, 5.74) is 1.95. The van der Waals surface area contributed by atoms with Gasteiger partial charge >= 0.3 is 5.97 Å². The van der Waals surface area contributed by atoms with Crippen LogP contribution < -0.4 is 0 Å². The van der Waals surface area contributed by atoms with Crippen molar-refractivity contribution in [2.75, 3.05) is 0 Å². The third-order valence-electron chi connectivity index (χ3n) is 4.06. The quantitative estimate of drug-likeness (QED) is 0.632. The van der Waals surface area contributed by atoms with Crippen molar-refractivity contribution in [2.24, 2.45) is 11.8 Å². The molecule has 1 aromatic rings.